The molecule has 1 N–H and O–H groups in total. The van der Waals surface area contributed by atoms with Crippen molar-refractivity contribution in [2.45, 2.75) is 26.5 Å². The molecule has 0 atom stereocenters. The van der Waals surface area contributed by atoms with Crippen LogP contribution in [0.5, 0.6) is 5.75 Å². The van der Waals surface area contributed by atoms with E-state index in [1.807, 2.05) is 0 Å². The van der Waals surface area contributed by atoms with E-state index in [4.69, 9.17) is 22.3 Å². The molecular formula is C10H12Cl2O3S. The maximum absolute atomic E-state index is 11.1. The fraction of sp³-hybridized carbons (Fsp3) is 0.400. The Hall–Kier alpha value is -0.450. The predicted molar refractivity (Wildman–Crippen MR) is 65.8 cm³/mol. The molecule has 0 spiro atoms. The summed E-state index contributed by atoms with van der Waals surface area (Å²) < 4.78 is 22.1. The molecule has 3 nitrogen and oxygen atoms in total. The van der Waals surface area contributed by atoms with Crippen LogP contribution in [0.15, 0.2) is 0 Å². The van der Waals surface area contributed by atoms with E-state index in [1.165, 1.54) is 0 Å². The third-order valence-electron chi connectivity index (χ3n) is 2.68. The molecular weight excluding hydrogens is 271 g/mol. The summed E-state index contributed by atoms with van der Waals surface area (Å²) in [4.78, 5) is 0. The van der Waals surface area contributed by atoms with Crippen molar-refractivity contribution < 1.29 is 13.5 Å². The lowest BCUT2D eigenvalue weighted by molar-refractivity contribution is 0.470. The number of aromatic hydroxyl groups is 1. The number of hydrogen-bond acceptors (Lipinski definition) is 3. The fourth-order valence-corrected chi connectivity index (χ4v) is 2.91. The highest BCUT2D eigenvalue weighted by molar-refractivity contribution is 8.13. The summed E-state index contributed by atoms with van der Waals surface area (Å²) in [7, 11) is 1.59. The molecule has 0 aromatic heterocycles. The van der Waals surface area contributed by atoms with Crippen LogP contribution in [0.1, 0.15) is 22.3 Å². The van der Waals surface area contributed by atoms with Crippen molar-refractivity contribution >= 4 is 31.3 Å². The Kier molecular flexibility index (Phi) is 3.77. The standard InChI is InChI=1S/C10H12Cl2O3S/c1-5-6(2)10(13)9(11)7(3)8(5)4-16(12,14)15/h13H,4H2,1-3H3. The minimum Gasteiger partial charge on any atom is -0.506 e. The summed E-state index contributed by atoms with van der Waals surface area (Å²) >= 11 is 5.90. The van der Waals surface area contributed by atoms with Gasteiger partial charge in [0, 0.05) is 10.7 Å². The van der Waals surface area contributed by atoms with E-state index in [9.17, 15) is 13.5 Å². The van der Waals surface area contributed by atoms with E-state index in [1.54, 1.807) is 20.8 Å². The highest BCUT2D eigenvalue weighted by Gasteiger charge is 2.19. The van der Waals surface area contributed by atoms with Crippen LogP contribution in [0.3, 0.4) is 0 Å². The molecule has 0 fully saturated rings. The van der Waals surface area contributed by atoms with Crippen molar-refractivity contribution in [3.8, 4) is 5.75 Å². The van der Waals surface area contributed by atoms with E-state index in [0.29, 0.717) is 22.3 Å². The lowest BCUT2D eigenvalue weighted by Crippen LogP contribution is -2.03. The third-order valence-corrected chi connectivity index (χ3v) is 4.10. The number of rotatable bonds is 2. The molecule has 6 heteroatoms. The van der Waals surface area contributed by atoms with Crippen LogP contribution in [0.25, 0.3) is 0 Å². The highest BCUT2D eigenvalue weighted by atomic mass is 35.7. The second kappa shape index (κ2) is 4.43. The van der Waals surface area contributed by atoms with E-state index < -0.39 is 9.05 Å². The van der Waals surface area contributed by atoms with Gasteiger partial charge in [-0.15, -0.1) is 0 Å². The summed E-state index contributed by atoms with van der Waals surface area (Å²) in [5.41, 5.74) is 2.37. The molecule has 1 aromatic rings. The van der Waals surface area contributed by atoms with E-state index in [-0.39, 0.29) is 16.5 Å². The van der Waals surface area contributed by atoms with E-state index in [2.05, 4.69) is 0 Å². The Morgan fingerprint density at radius 1 is 1.12 bits per heavy atom. The average molecular weight is 283 g/mol. The summed E-state index contributed by atoms with van der Waals surface area (Å²) in [5.74, 6) is -0.292. The first-order valence-electron chi connectivity index (χ1n) is 4.54. The molecule has 0 aliphatic carbocycles. The Morgan fingerprint density at radius 3 is 2.06 bits per heavy atom. The fourth-order valence-electron chi connectivity index (χ4n) is 1.55. The van der Waals surface area contributed by atoms with Gasteiger partial charge in [-0.1, -0.05) is 11.6 Å². The monoisotopic (exact) mass is 282 g/mol. The zero-order chi connectivity index (χ0) is 12.7. The Bertz CT molecular complexity index is 506. The second-order valence-electron chi connectivity index (χ2n) is 3.70. The Balaban J connectivity index is 3.52. The number of benzene rings is 1. The van der Waals surface area contributed by atoms with Crippen LogP contribution in [0.4, 0.5) is 0 Å². The quantitative estimate of drug-likeness (QED) is 0.849. The number of phenols is 1. The summed E-state index contributed by atoms with van der Waals surface area (Å²) in [6.07, 6.45) is 0. The highest BCUT2D eigenvalue weighted by Crippen LogP contribution is 2.36. The molecule has 0 heterocycles. The lowest BCUT2D eigenvalue weighted by atomic mass is 9.98. The van der Waals surface area contributed by atoms with Gasteiger partial charge >= 0.3 is 0 Å². The second-order valence-corrected chi connectivity index (χ2v) is 6.85. The minimum absolute atomic E-state index is 0.00705. The molecule has 0 radical (unpaired) electrons. The van der Waals surface area contributed by atoms with Gasteiger partial charge in [-0.3, -0.25) is 0 Å². The zero-order valence-corrected chi connectivity index (χ0v) is 11.5. The van der Waals surface area contributed by atoms with Gasteiger partial charge in [0.15, 0.2) is 0 Å². The van der Waals surface area contributed by atoms with Crippen molar-refractivity contribution in [1.82, 2.24) is 0 Å². The molecule has 0 saturated carbocycles. The van der Waals surface area contributed by atoms with Gasteiger partial charge in [0.05, 0.1) is 10.8 Å². The van der Waals surface area contributed by atoms with E-state index in [0.717, 1.165) is 0 Å². The van der Waals surface area contributed by atoms with Gasteiger partial charge in [-0.05, 0) is 43.0 Å². The molecule has 0 unspecified atom stereocenters. The normalized spacial score (nSPS) is 11.8. The van der Waals surface area contributed by atoms with Crippen molar-refractivity contribution in [1.29, 1.82) is 0 Å². The van der Waals surface area contributed by atoms with Gasteiger partial charge < -0.3 is 5.11 Å². The maximum Gasteiger partial charge on any atom is 0.236 e. The van der Waals surface area contributed by atoms with Crippen LogP contribution >= 0.6 is 22.3 Å². The van der Waals surface area contributed by atoms with Crippen LogP contribution in [0, 0.1) is 20.8 Å². The molecule has 0 saturated heterocycles. The number of hydrogen-bond donors (Lipinski definition) is 1. The molecule has 0 aliphatic rings. The first-order chi connectivity index (χ1) is 7.15. The number of phenolic OH excluding ortho intramolecular Hbond substituents is 1. The van der Waals surface area contributed by atoms with Crippen molar-refractivity contribution in [3.05, 3.63) is 27.3 Å². The van der Waals surface area contributed by atoms with E-state index >= 15 is 0 Å². The van der Waals surface area contributed by atoms with Crippen LogP contribution in [0.2, 0.25) is 5.02 Å². The van der Waals surface area contributed by atoms with Crippen molar-refractivity contribution in [2.75, 3.05) is 0 Å². The molecule has 0 bridgehead atoms. The van der Waals surface area contributed by atoms with Gasteiger partial charge in [-0.2, -0.15) is 0 Å². The zero-order valence-electron chi connectivity index (χ0n) is 9.13. The molecule has 1 rings (SSSR count). The summed E-state index contributed by atoms with van der Waals surface area (Å²) in [6, 6.07) is 0. The minimum atomic E-state index is -3.64. The summed E-state index contributed by atoms with van der Waals surface area (Å²) in [6.45, 7) is 5.07. The van der Waals surface area contributed by atoms with Crippen LogP contribution in [-0.2, 0) is 14.8 Å². The first kappa shape index (κ1) is 13.6. The topological polar surface area (TPSA) is 54.4 Å². The SMILES string of the molecule is Cc1c(C)c(CS(=O)(=O)Cl)c(C)c(Cl)c1O. The number of halogens is 2. The first-order valence-corrected chi connectivity index (χ1v) is 7.40. The molecule has 0 aliphatic heterocycles. The van der Waals surface area contributed by atoms with Crippen LogP contribution < -0.4 is 0 Å². The van der Waals surface area contributed by atoms with Gasteiger partial charge in [-0.25, -0.2) is 8.42 Å². The van der Waals surface area contributed by atoms with Crippen molar-refractivity contribution in [3.63, 3.8) is 0 Å². The average Bonchev–Trinajstić information content (AvgIpc) is 2.17. The Morgan fingerprint density at radius 2 is 1.62 bits per heavy atom. The van der Waals surface area contributed by atoms with Crippen molar-refractivity contribution in [2.24, 2.45) is 0 Å². The molecule has 1 aromatic carbocycles. The lowest BCUT2D eigenvalue weighted by Gasteiger charge is -2.15. The van der Waals surface area contributed by atoms with Gasteiger partial charge in [0.1, 0.15) is 5.75 Å². The van der Waals surface area contributed by atoms with Crippen LogP contribution in [-0.4, -0.2) is 13.5 Å². The molecule has 90 valence electrons. The smallest absolute Gasteiger partial charge is 0.236 e. The van der Waals surface area contributed by atoms with Gasteiger partial charge in [0.25, 0.3) is 0 Å². The largest absolute Gasteiger partial charge is 0.506 e. The Labute approximate surface area is 104 Å². The maximum atomic E-state index is 11.1. The predicted octanol–water partition coefficient (Wildman–Crippen LogP) is 3.04. The third kappa shape index (κ3) is 2.62. The molecule has 16 heavy (non-hydrogen) atoms. The summed E-state index contributed by atoms with van der Waals surface area (Å²) in [5, 5.41) is 9.86. The molecule has 0 amide bonds. The van der Waals surface area contributed by atoms with Gasteiger partial charge in [0.2, 0.25) is 9.05 Å².